The Kier molecular flexibility index (Phi) is 3.52. The molecule has 0 aromatic carbocycles. The number of nitrogens with zero attached hydrogens (tertiary/aromatic N) is 4. The van der Waals surface area contributed by atoms with Crippen molar-refractivity contribution in [3.8, 4) is 11.3 Å². The third kappa shape index (κ3) is 2.50. The number of fused-ring (bicyclic) bond motifs is 1. The number of hydrogen-bond acceptors (Lipinski definition) is 3. The van der Waals surface area contributed by atoms with Gasteiger partial charge in [-0.2, -0.15) is 5.10 Å². The fourth-order valence-electron chi connectivity index (χ4n) is 1.93. The molecule has 0 atom stereocenters. The molecule has 0 amide bonds. The first kappa shape index (κ1) is 12.6. The fourth-order valence-corrected chi connectivity index (χ4v) is 2.48. The number of ether oxygens (including phenoxy) is 1. The van der Waals surface area contributed by atoms with E-state index in [0.717, 1.165) is 26.9 Å². The van der Waals surface area contributed by atoms with E-state index in [-0.39, 0.29) is 0 Å². The molecule has 6 heteroatoms. The van der Waals surface area contributed by atoms with Crippen molar-refractivity contribution < 1.29 is 4.74 Å². The maximum absolute atomic E-state index is 5.06. The van der Waals surface area contributed by atoms with Crippen molar-refractivity contribution in [2.24, 2.45) is 0 Å². The average Bonchev–Trinajstić information content (AvgIpc) is 3.04. The minimum absolute atomic E-state index is 0.687. The van der Waals surface area contributed by atoms with E-state index in [0.29, 0.717) is 6.61 Å². The van der Waals surface area contributed by atoms with Gasteiger partial charge in [0.25, 0.3) is 0 Å². The van der Waals surface area contributed by atoms with Crippen molar-refractivity contribution in [2.75, 3.05) is 13.7 Å². The second kappa shape index (κ2) is 5.30. The summed E-state index contributed by atoms with van der Waals surface area (Å²) in [6, 6.07) is 4.14. The molecule has 0 saturated heterocycles. The highest BCUT2D eigenvalue weighted by Gasteiger charge is 2.06. The summed E-state index contributed by atoms with van der Waals surface area (Å²) in [6.45, 7) is 1.50. The number of hydrogen-bond donors (Lipinski definition) is 0. The average molecular weight is 368 g/mol. The normalized spacial score (nSPS) is 11.3. The van der Waals surface area contributed by atoms with Crippen molar-refractivity contribution >= 4 is 28.1 Å². The summed E-state index contributed by atoms with van der Waals surface area (Å²) in [5.41, 5.74) is 3.12. The second-order valence-corrected chi connectivity index (χ2v) is 5.39. The largest absolute Gasteiger partial charge is 0.383 e. The van der Waals surface area contributed by atoms with Gasteiger partial charge in [-0.15, -0.1) is 0 Å². The van der Waals surface area contributed by atoms with Gasteiger partial charge in [-0.1, -0.05) is 0 Å². The molecule has 0 radical (unpaired) electrons. The highest BCUT2D eigenvalue weighted by molar-refractivity contribution is 14.1. The van der Waals surface area contributed by atoms with Gasteiger partial charge in [-0.25, -0.2) is 9.50 Å². The molecular weight excluding hydrogens is 355 g/mol. The van der Waals surface area contributed by atoms with Gasteiger partial charge < -0.3 is 9.30 Å². The van der Waals surface area contributed by atoms with E-state index in [9.17, 15) is 0 Å². The van der Waals surface area contributed by atoms with E-state index in [1.807, 2.05) is 34.0 Å². The summed E-state index contributed by atoms with van der Waals surface area (Å²) < 4.78 is 10.1. The van der Waals surface area contributed by atoms with Crippen LogP contribution >= 0.6 is 22.6 Å². The molecule has 0 aliphatic heterocycles. The fraction of sp³-hybridized carbons (Fsp3) is 0.231. The quantitative estimate of drug-likeness (QED) is 0.665. The first-order valence-corrected chi connectivity index (χ1v) is 7.00. The zero-order valence-corrected chi connectivity index (χ0v) is 12.6. The van der Waals surface area contributed by atoms with Crippen molar-refractivity contribution in [3.05, 3.63) is 40.6 Å². The molecule has 0 aliphatic carbocycles. The van der Waals surface area contributed by atoms with Crippen molar-refractivity contribution in [1.29, 1.82) is 0 Å². The van der Waals surface area contributed by atoms with E-state index in [1.54, 1.807) is 7.11 Å². The second-order valence-electron chi connectivity index (χ2n) is 4.23. The maximum Gasteiger partial charge on any atom is 0.0954 e. The van der Waals surface area contributed by atoms with Crippen LogP contribution in [0.1, 0.15) is 0 Å². The molecule has 0 spiro atoms. The zero-order chi connectivity index (χ0) is 13.2. The first-order chi connectivity index (χ1) is 9.28. The summed E-state index contributed by atoms with van der Waals surface area (Å²) in [4.78, 5) is 4.42. The van der Waals surface area contributed by atoms with Crippen LogP contribution in [0.25, 0.3) is 16.8 Å². The molecule has 3 rings (SSSR count). The molecule has 0 saturated carbocycles. The molecule has 98 valence electrons. The van der Waals surface area contributed by atoms with E-state index in [1.165, 1.54) is 0 Å². The molecule has 3 aromatic heterocycles. The molecule has 0 unspecified atom stereocenters. The predicted octanol–water partition coefficient (Wildman–Crippen LogP) is 2.45. The van der Waals surface area contributed by atoms with Gasteiger partial charge >= 0.3 is 0 Å². The Balaban J connectivity index is 1.92. The molecule has 19 heavy (non-hydrogen) atoms. The van der Waals surface area contributed by atoms with E-state index < -0.39 is 0 Å². The minimum Gasteiger partial charge on any atom is -0.383 e. The van der Waals surface area contributed by atoms with Crippen LogP contribution in [0.3, 0.4) is 0 Å². The van der Waals surface area contributed by atoms with Crippen LogP contribution in [-0.4, -0.2) is 32.9 Å². The smallest absolute Gasteiger partial charge is 0.0954 e. The molecule has 3 heterocycles. The molecule has 3 aromatic rings. The molecule has 5 nitrogen and oxygen atoms in total. The molecule has 0 N–H and O–H groups in total. The Bertz CT molecular complexity index is 704. The molecule has 0 fully saturated rings. The summed E-state index contributed by atoms with van der Waals surface area (Å²) in [5, 5.41) is 4.32. The van der Waals surface area contributed by atoms with Crippen LogP contribution in [0.5, 0.6) is 0 Å². The third-order valence-corrected chi connectivity index (χ3v) is 3.78. The minimum atomic E-state index is 0.687. The molecule has 0 bridgehead atoms. The molecule has 0 aliphatic rings. The topological polar surface area (TPSA) is 44.3 Å². The van der Waals surface area contributed by atoms with Crippen molar-refractivity contribution in [2.45, 2.75) is 6.54 Å². The van der Waals surface area contributed by atoms with Gasteiger partial charge in [-0.3, -0.25) is 0 Å². The van der Waals surface area contributed by atoms with Crippen LogP contribution in [0.4, 0.5) is 0 Å². The summed E-state index contributed by atoms with van der Waals surface area (Å²) >= 11 is 2.28. The van der Waals surface area contributed by atoms with E-state index in [4.69, 9.17) is 4.74 Å². The lowest BCUT2D eigenvalue weighted by Crippen LogP contribution is -2.00. The van der Waals surface area contributed by atoms with Gasteiger partial charge in [0, 0.05) is 31.6 Å². The Morgan fingerprint density at radius 2 is 2.21 bits per heavy atom. The third-order valence-electron chi connectivity index (χ3n) is 2.95. The lowest BCUT2D eigenvalue weighted by Gasteiger charge is -2.00. The Hall–Kier alpha value is -1.41. The number of halogens is 1. The number of aromatic nitrogens is 4. The van der Waals surface area contributed by atoms with Crippen molar-refractivity contribution in [3.63, 3.8) is 0 Å². The van der Waals surface area contributed by atoms with Gasteiger partial charge in [0.05, 0.1) is 33.9 Å². The van der Waals surface area contributed by atoms with Gasteiger partial charge in [-0.05, 0) is 34.7 Å². The summed E-state index contributed by atoms with van der Waals surface area (Å²) in [7, 11) is 1.70. The highest BCUT2D eigenvalue weighted by Crippen LogP contribution is 2.20. The lowest BCUT2D eigenvalue weighted by atomic mass is 10.2. The van der Waals surface area contributed by atoms with E-state index in [2.05, 4.69) is 44.8 Å². The Labute approximate surface area is 124 Å². The Morgan fingerprint density at radius 1 is 1.32 bits per heavy atom. The van der Waals surface area contributed by atoms with Crippen LogP contribution in [0.2, 0.25) is 0 Å². The number of imidazole rings is 1. The number of pyridine rings is 1. The monoisotopic (exact) mass is 368 g/mol. The maximum atomic E-state index is 5.06. The summed E-state index contributed by atoms with van der Waals surface area (Å²) in [5.74, 6) is 0. The molecular formula is C13H13IN4O. The van der Waals surface area contributed by atoms with Gasteiger partial charge in [0.2, 0.25) is 0 Å². The highest BCUT2D eigenvalue weighted by atomic mass is 127. The van der Waals surface area contributed by atoms with Crippen LogP contribution in [-0.2, 0) is 11.3 Å². The predicted molar refractivity (Wildman–Crippen MR) is 81.0 cm³/mol. The van der Waals surface area contributed by atoms with Crippen LogP contribution in [0.15, 0.2) is 37.1 Å². The Morgan fingerprint density at radius 3 is 3.05 bits per heavy atom. The zero-order valence-electron chi connectivity index (χ0n) is 10.5. The van der Waals surface area contributed by atoms with Gasteiger partial charge in [0.15, 0.2) is 0 Å². The number of methoxy groups -OCH3 is 1. The van der Waals surface area contributed by atoms with E-state index >= 15 is 0 Å². The number of rotatable bonds is 4. The SMILES string of the molecule is COCCn1cnc(-c2ccc3c(I)cnn3c2)c1. The van der Waals surface area contributed by atoms with Crippen LogP contribution in [0, 0.1) is 3.57 Å². The standard InChI is InChI=1S/C13H13IN4O/c1-19-5-4-17-8-12(15-9-17)10-2-3-13-11(14)6-16-18(13)7-10/h2-3,6-9H,4-5H2,1H3. The van der Waals surface area contributed by atoms with Crippen molar-refractivity contribution in [1.82, 2.24) is 19.2 Å². The first-order valence-electron chi connectivity index (χ1n) is 5.92. The summed E-state index contributed by atoms with van der Waals surface area (Å²) in [6.07, 6.45) is 7.71. The lowest BCUT2D eigenvalue weighted by molar-refractivity contribution is 0.187. The van der Waals surface area contributed by atoms with Gasteiger partial charge in [0.1, 0.15) is 0 Å². The van der Waals surface area contributed by atoms with Crippen LogP contribution < -0.4 is 0 Å².